The zero-order valence-corrected chi connectivity index (χ0v) is 14.5. The Morgan fingerprint density at radius 1 is 1.31 bits per heavy atom. The first-order valence-electron chi connectivity index (χ1n) is 8.39. The van der Waals surface area contributed by atoms with Crippen LogP contribution in [-0.4, -0.2) is 40.6 Å². The van der Waals surface area contributed by atoms with Gasteiger partial charge in [-0.1, -0.05) is 18.2 Å². The van der Waals surface area contributed by atoms with Crippen LogP contribution in [0.1, 0.15) is 27.5 Å². The SMILES string of the molecule is Cc1cc(NC(=O)NCC2c3ccccc3C(=O)N2C)cc2[nH]ncc12. The molecule has 3 aromatic rings. The number of amides is 3. The monoisotopic (exact) mass is 349 g/mol. The second-order valence-electron chi connectivity index (χ2n) is 6.48. The number of hydrogen-bond donors (Lipinski definition) is 3. The van der Waals surface area contributed by atoms with Crippen LogP contribution in [0.4, 0.5) is 10.5 Å². The fraction of sp³-hybridized carbons (Fsp3) is 0.211. The highest BCUT2D eigenvalue weighted by atomic mass is 16.2. The molecule has 2 heterocycles. The molecule has 1 atom stereocenters. The average molecular weight is 349 g/mol. The maximum atomic E-state index is 12.3. The molecule has 132 valence electrons. The Kier molecular flexibility index (Phi) is 3.84. The normalized spacial score (nSPS) is 16.0. The molecule has 1 aliphatic rings. The first-order chi connectivity index (χ1) is 12.5. The van der Waals surface area contributed by atoms with Gasteiger partial charge in [-0.3, -0.25) is 9.89 Å². The molecule has 2 aromatic carbocycles. The number of aryl methyl sites for hydroxylation is 1. The number of rotatable bonds is 3. The lowest BCUT2D eigenvalue weighted by atomic mass is 10.1. The van der Waals surface area contributed by atoms with Gasteiger partial charge in [0.15, 0.2) is 0 Å². The summed E-state index contributed by atoms with van der Waals surface area (Å²) in [5.74, 6) is -0.0203. The molecule has 7 nitrogen and oxygen atoms in total. The molecule has 0 spiro atoms. The molecular weight excluding hydrogens is 330 g/mol. The molecular formula is C19H19N5O2. The lowest BCUT2D eigenvalue weighted by Crippen LogP contribution is -2.36. The van der Waals surface area contributed by atoms with Gasteiger partial charge in [0.25, 0.3) is 5.91 Å². The zero-order valence-electron chi connectivity index (χ0n) is 14.5. The van der Waals surface area contributed by atoms with E-state index in [2.05, 4.69) is 20.8 Å². The Bertz CT molecular complexity index is 1010. The van der Waals surface area contributed by atoms with Crippen LogP contribution in [0.25, 0.3) is 10.9 Å². The summed E-state index contributed by atoms with van der Waals surface area (Å²) in [5.41, 5.74) is 4.22. The molecule has 0 radical (unpaired) electrons. The van der Waals surface area contributed by atoms with Crippen LogP contribution < -0.4 is 10.6 Å². The van der Waals surface area contributed by atoms with Crippen LogP contribution in [0.15, 0.2) is 42.6 Å². The molecule has 26 heavy (non-hydrogen) atoms. The maximum Gasteiger partial charge on any atom is 0.319 e. The highest BCUT2D eigenvalue weighted by Crippen LogP contribution is 2.31. The fourth-order valence-electron chi connectivity index (χ4n) is 3.43. The molecule has 0 aliphatic carbocycles. The van der Waals surface area contributed by atoms with Gasteiger partial charge in [-0.2, -0.15) is 5.10 Å². The van der Waals surface area contributed by atoms with Crippen LogP contribution in [0.5, 0.6) is 0 Å². The summed E-state index contributed by atoms with van der Waals surface area (Å²) >= 11 is 0. The molecule has 1 aliphatic heterocycles. The van der Waals surface area contributed by atoms with Gasteiger partial charge < -0.3 is 15.5 Å². The first-order valence-corrected chi connectivity index (χ1v) is 8.39. The van der Waals surface area contributed by atoms with E-state index in [1.165, 1.54) is 0 Å². The molecule has 0 saturated heterocycles. The number of likely N-dealkylation sites (N-methyl/N-ethyl adjacent to an activating group) is 1. The Hall–Kier alpha value is -3.35. The van der Waals surface area contributed by atoms with E-state index in [0.717, 1.165) is 22.0 Å². The number of nitrogens with one attached hydrogen (secondary N) is 3. The van der Waals surface area contributed by atoms with E-state index in [1.54, 1.807) is 18.1 Å². The first kappa shape index (κ1) is 16.1. The van der Waals surface area contributed by atoms with Crippen LogP contribution in [-0.2, 0) is 0 Å². The van der Waals surface area contributed by atoms with Gasteiger partial charge in [0.2, 0.25) is 0 Å². The summed E-state index contributed by atoms with van der Waals surface area (Å²) in [6.45, 7) is 2.31. The van der Waals surface area contributed by atoms with Crippen molar-refractivity contribution >= 4 is 28.5 Å². The fourth-order valence-corrected chi connectivity index (χ4v) is 3.43. The Morgan fingerprint density at radius 3 is 2.96 bits per heavy atom. The van der Waals surface area contributed by atoms with Crippen molar-refractivity contribution in [2.24, 2.45) is 0 Å². The lowest BCUT2D eigenvalue weighted by Gasteiger charge is -2.21. The minimum Gasteiger partial charge on any atom is -0.335 e. The smallest absolute Gasteiger partial charge is 0.319 e. The highest BCUT2D eigenvalue weighted by molar-refractivity contribution is 5.99. The third-order valence-corrected chi connectivity index (χ3v) is 4.82. The number of fused-ring (bicyclic) bond motifs is 2. The van der Waals surface area contributed by atoms with Crippen molar-refractivity contribution in [3.63, 3.8) is 0 Å². The molecule has 7 heteroatoms. The van der Waals surface area contributed by atoms with Gasteiger partial charge in [-0.15, -0.1) is 0 Å². The number of carbonyl (C=O) groups is 2. The second kappa shape index (κ2) is 6.18. The van der Waals surface area contributed by atoms with E-state index in [1.807, 2.05) is 43.3 Å². The number of aromatic nitrogens is 2. The predicted octanol–water partition coefficient (Wildman–Crippen LogP) is 2.82. The number of urea groups is 1. The molecule has 1 unspecified atom stereocenters. The third-order valence-electron chi connectivity index (χ3n) is 4.82. The predicted molar refractivity (Wildman–Crippen MR) is 99.1 cm³/mol. The van der Waals surface area contributed by atoms with Gasteiger partial charge >= 0.3 is 6.03 Å². The molecule has 3 amide bonds. The Labute approximate surface area is 150 Å². The standard InChI is InChI=1S/C19H19N5O2/c1-11-7-12(8-16-15(11)9-21-23-16)22-19(26)20-10-17-13-5-3-4-6-14(13)18(25)24(17)2/h3-9,17H,10H2,1-2H3,(H,21,23)(H2,20,22,26). The van der Waals surface area contributed by atoms with Crippen molar-refractivity contribution in [2.75, 3.05) is 18.9 Å². The summed E-state index contributed by atoms with van der Waals surface area (Å²) in [6, 6.07) is 10.8. The van der Waals surface area contributed by atoms with E-state index < -0.39 is 0 Å². The molecule has 0 bridgehead atoms. The number of H-pyrrole nitrogens is 1. The van der Waals surface area contributed by atoms with Gasteiger partial charge in [0.1, 0.15) is 0 Å². The number of hydrogen-bond acceptors (Lipinski definition) is 3. The zero-order chi connectivity index (χ0) is 18.3. The van der Waals surface area contributed by atoms with E-state index in [-0.39, 0.29) is 18.0 Å². The van der Waals surface area contributed by atoms with Gasteiger partial charge in [-0.25, -0.2) is 4.79 Å². The number of anilines is 1. The number of aromatic amines is 1. The van der Waals surface area contributed by atoms with Gasteiger partial charge in [0.05, 0.1) is 17.8 Å². The average Bonchev–Trinajstić information content (AvgIpc) is 3.18. The van der Waals surface area contributed by atoms with Crippen LogP contribution in [0, 0.1) is 6.92 Å². The summed E-state index contributed by atoms with van der Waals surface area (Å²) in [7, 11) is 1.75. The summed E-state index contributed by atoms with van der Waals surface area (Å²) < 4.78 is 0. The van der Waals surface area contributed by atoms with Crippen molar-refractivity contribution < 1.29 is 9.59 Å². The summed E-state index contributed by atoms with van der Waals surface area (Å²) in [4.78, 5) is 26.2. The summed E-state index contributed by atoms with van der Waals surface area (Å²) in [6.07, 6.45) is 1.76. The molecule has 4 rings (SSSR count). The maximum absolute atomic E-state index is 12.3. The van der Waals surface area contributed by atoms with Crippen LogP contribution in [0.3, 0.4) is 0 Å². The van der Waals surface area contributed by atoms with Gasteiger partial charge in [-0.05, 0) is 36.2 Å². The number of nitrogens with zero attached hydrogens (tertiary/aromatic N) is 2. The van der Waals surface area contributed by atoms with Crippen LogP contribution in [0.2, 0.25) is 0 Å². The molecule has 1 aromatic heterocycles. The third kappa shape index (κ3) is 2.67. The Morgan fingerprint density at radius 2 is 2.12 bits per heavy atom. The van der Waals surface area contributed by atoms with Crippen molar-refractivity contribution in [2.45, 2.75) is 13.0 Å². The van der Waals surface area contributed by atoms with Crippen molar-refractivity contribution in [3.8, 4) is 0 Å². The number of benzene rings is 2. The van der Waals surface area contributed by atoms with Crippen molar-refractivity contribution in [3.05, 3.63) is 59.3 Å². The topological polar surface area (TPSA) is 90.1 Å². The molecule has 0 saturated carbocycles. The Balaban J connectivity index is 1.45. The van der Waals surface area contributed by atoms with Crippen LogP contribution >= 0.6 is 0 Å². The lowest BCUT2D eigenvalue weighted by molar-refractivity contribution is 0.0774. The number of carbonyl (C=O) groups excluding carboxylic acids is 2. The molecule has 0 fully saturated rings. The van der Waals surface area contributed by atoms with E-state index in [4.69, 9.17) is 0 Å². The summed E-state index contributed by atoms with van der Waals surface area (Å²) in [5, 5.41) is 13.6. The minimum atomic E-state index is -0.312. The molecule has 3 N–H and O–H groups in total. The van der Waals surface area contributed by atoms with Gasteiger partial charge in [0, 0.05) is 30.2 Å². The largest absolute Gasteiger partial charge is 0.335 e. The van der Waals surface area contributed by atoms with E-state index >= 15 is 0 Å². The highest BCUT2D eigenvalue weighted by Gasteiger charge is 2.33. The quantitative estimate of drug-likeness (QED) is 0.679. The minimum absolute atomic E-state index is 0.0203. The van der Waals surface area contributed by atoms with Crippen molar-refractivity contribution in [1.82, 2.24) is 20.4 Å². The second-order valence-corrected chi connectivity index (χ2v) is 6.48. The van der Waals surface area contributed by atoms with E-state index in [0.29, 0.717) is 17.8 Å². The van der Waals surface area contributed by atoms with Crippen molar-refractivity contribution in [1.29, 1.82) is 0 Å². The van der Waals surface area contributed by atoms with E-state index in [9.17, 15) is 9.59 Å².